The predicted molar refractivity (Wildman–Crippen MR) is 446 cm³/mol. The third kappa shape index (κ3) is 49.1. The molecule has 9 rings (SSSR count). The SMILES string of the molecule is CC(C)(C)OC(=O)N[C@@H]1CC(C)(C)OC[C@@H]1N.CC1(C)C[C@H](O)[C@@H](N)CO1.CS(=O)(=O)Cl.C[C@@H](N[C@H]1COC(C)(C)C[C@@H]1O)c1ccccc1.C[C@H]1COC(C)(C)C[C@@H]1O.C[C@H]1COC(C)(C)C[C@@H]1OS(C)(=O)=O.C[C@H]1COC(C)(C)C[C@H]1N.C[C@H]1COC(C)(C)C[C@H]1N=[N+]=[N-].C[C@H]1COC(C)(C)C[C@H]1NC(=O)OC(C)(C)C. The van der Waals surface area contributed by atoms with Crippen LogP contribution in [0.4, 0.5) is 9.59 Å². The molecule has 8 fully saturated rings. The van der Waals surface area contributed by atoms with Gasteiger partial charge in [0.25, 0.3) is 10.1 Å². The molecule has 0 spiro atoms. The van der Waals surface area contributed by atoms with E-state index in [1.807, 2.05) is 171 Å². The zero-order valence-electron chi connectivity index (χ0n) is 74.6. The summed E-state index contributed by atoms with van der Waals surface area (Å²) in [5.74, 6) is 1.60. The van der Waals surface area contributed by atoms with Crippen molar-refractivity contribution in [2.45, 2.75) is 374 Å². The summed E-state index contributed by atoms with van der Waals surface area (Å²) in [6, 6.07) is 10.5. The lowest BCUT2D eigenvalue weighted by Crippen LogP contribution is -2.58. The lowest BCUT2D eigenvalue weighted by atomic mass is 9.88. The van der Waals surface area contributed by atoms with E-state index in [9.17, 15) is 41.7 Å². The number of halogens is 1. The molecule has 0 unspecified atom stereocenters. The number of amides is 2. The fourth-order valence-electron chi connectivity index (χ4n) is 12.9. The maximum atomic E-state index is 11.7. The van der Waals surface area contributed by atoms with E-state index in [1.165, 1.54) is 5.56 Å². The zero-order valence-corrected chi connectivity index (χ0v) is 77.0. The molecule has 8 heterocycles. The van der Waals surface area contributed by atoms with Crippen molar-refractivity contribution >= 4 is 42.0 Å². The van der Waals surface area contributed by atoms with Gasteiger partial charge in [-0.05, 0) is 214 Å². The molecule has 113 heavy (non-hydrogen) atoms. The quantitative estimate of drug-likeness (QED) is 0.0384. The minimum absolute atomic E-state index is 0.00588. The van der Waals surface area contributed by atoms with Crippen LogP contribution in [0.2, 0.25) is 0 Å². The van der Waals surface area contributed by atoms with E-state index in [4.69, 9.17) is 74.3 Å². The lowest BCUT2D eigenvalue weighted by molar-refractivity contribution is -0.124. The van der Waals surface area contributed by atoms with Gasteiger partial charge < -0.3 is 95.8 Å². The van der Waals surface area contributed by atoms with Gasteiger partial charge in [0, 0.05) is 83.3 Å². The van der Waals surface area contributed by atoms with E-state index < -0.39 is 42.6 Å². The van der Waals surface area contributed by atoms with Gasteiger partial charge >= 0.3 is 12.2 Å². The summed E-state index contributed by atoms with van der Waals surface area (Å²) in [5, 5.41) is 41.9. The summed E-state index contributed by atoms with van der Waals surface area (Å²) in [5.41, 5.74) is 24.5. The van der Waals surface area contributed by atoms with Gasteiger partial charge in [0.2, 0.25) is 9.05 Å². The molecule has 29 nitrogen and oxygen atoms in total. The molecule has 2 amide bonds. The highest BCUT2D eigenvalue weighted by atomic mass is 35.7. The van der Waals surface area contributed by atoms with Gasteiger partial charge in [-0.2, -0.15) is 8.42 Å². The Hall–Kier alpha value is -3.38. The number of carbonyl (C=O) groups excluding carboxylic acids is 2. The number of alkyl carbamates (subject to hydrolysis) is 2. The molecule has 0 bridgehead atoms. The molecule has 8 aliphatic heterocycles. The van der Waals surface area contributed by atoms with Crippen LogP contribution in [0.15, 0.2) is 35.4 Å². The monoisotopic (exact) mass is 1670 g/mol. The number of nitrogens with zero attached hydrogens (tertiary/aromatic N) is 3. The highest BCUT2D eigenvalue weighted by Gasteiger charge is 2.41. The Kier molecular flexibility index (Phi) is 43.7. The van der Waals surface area contributed by atoms with Crippen LogP contribution in [0.1, 0.15) is 257 Å². The van der Waals surface area contributed by atoms with E-state index in [2.05, 4.69) is 90.3 Å². The van der Waals surface area contributed by atoms with Crippen LogP contribution in [0.3, 0.4) is 0 Å². The molecular formula is C81H156ClN9O20S2. The first kappa shape index (κ1) is 108. The maximum absolute atomic E-state index is 11.7. The molecule has 12 N–H and O–H groups in total. The topological polar surface area (TPSA) is 428 Å². The summed E-state index contributed by atoms with van der Waals surface area (Å²) in [7, 11) is -2.05. The Bertz CT molecular complexity index is 3090. The average molecular weight is 1680 g/mol. The molecule has 8 saturated heterocycles. The van der Waals surface area contributed by atoms with Crippen molar-refractivity contribution in [2.75, 3.05) is 65.4 Å². The fourth-order valence-corrected chi connectivity index (χ4v) is 13.6. The Morgan fingerprint density at radius 3 is 1.24 bits per heavy atom. The Labute approximate surface area is 685 Å². The van der Waals surface area contributed by atoms with Crippen molar-refractivity contribution in [3.63, 3.8) is 0 Å². The smallest absolute Gasteiger partial charge is 0.407 e. The number of nitrogens with one attached hydrogen (secondary N) is 3. The molecule has 8 aliphatic rings. The molecule has 1 aromatic rings. The molecule has 0 saturated carbocycles. The van der Waals surface area contributed by atoms with Crippen LogP contribution in [-0.2, 0) is 70.7 Å². The van der Waals surface area contributed by atoms with Gasteiger partial charge in [-0.1, -0.05) is 70.1 Å². The molecule has 1 aromatic carbocycles. The molecule has 0 radical (unpaired) electrons. The minimum atomic E-state index is -3.36. The van der Waals surface area contributed by atoms with Crippen LogP contribution >= 0.6 is 10.7 Å². The van der Waals surface area contributed by atoms with Crippen molar-refractivity contribution in [1.29, 1.82) is 0 Å². The summed E-state index contributed by atoms with van der Waals surface area (Å²) in [6.45, 7) is 60.5. The van der Waals surface area contributed by atoms with Crippen LogP contribution in [-0.4, -0.2) is 232 Å². The standard InChI is InChI=1S/C15H23NO2.C13H25NO3.C12H24N2O3.C9H18O4S.C8H15N3O.C8H17NO.C8H16O2.C7H15NO2.CH3ClO2S/c1-11(12-7-5-4-6-8-12)16-13-10-18-15(2,3)9-14(13)17;1-9-8-16-13(5,6)7-10(9)14-11(15)17-12(2,3)4;1-11(2,3)17-10(15)14-9-6-12(4,5)16-7-8(9)13;1-7-6-12-9(2,3)5-8(7)13-14(4,10)11;1-6-5-12-8(2,3)4-7(6)10-11-9;2*1-6-5-10-8(2,3)4-7(6)9;1-7(2)3-6(9)5(8)4-10-7;1-5(2,3)4/h4-8,11,13-14,16-17H,9-10H2,1-3H3;9-10H,7-8H2,1-6H3,(H,14,15);8-9H,6-7,13H2,1-5H3,(H,14,15);7-8H,5-6H2,1-4H3;6-7H,4-5H2,1-3H3;6-7H,4-5,9H2,1-3H3;6-7,9H,4-5H2,1-3H3;5-6,9H,3-4,8H2,1-2H3;1H3/t11-,13+,14+;9-,10+;8-,9+;7-,8-;2*6-,7+;6-,7-;5-,6-;/m10000000./s1. The van der Waals surface area contributed by atoms with E-state index in [1.54, 1.807) is 0 Å². The van der Waals surface area contributed by atoms with Crippen LogP contribution in [0, 0.1) is 29.6 Å². The summed E-state index contributed by atoms with van der Waals surface area (Å²) in [6.07, 6.45) is 6.04. The first-order valence-corrected chi connectivity index (χ1v) is 44.5. The highest BCUT2D eigenvalue weighted by Crippen LogP contribution is 2.34. The van der Waals surface area contributed by atoms with Gasteiger partial charge in [-0.3, -0.25) is 4.18 Å². The third-order valence-electron chi connectivity index (χ3n) is 19.8. The number of aliphatic hydroxyl groups is 3. The normalized spacial score (nSPS) is 31.9. The van der Waals surface area contributed by atoms with E-state index >= 15 is 0 Å². The second-order valence-electron chi connectivity index (χ2n) is 39.0. The number of benzene rings is 1. The number of azide groups is 1. The van der Waals surface area contributed by atoms with E-state index in [0.29, 0.717) is 102 Å². The van der Waals surface area contributed by atoms with Crippen molar-refractivity contribution < 1.29 is 93.3 Å². The van der Waals surface area contributed by atoms with Crippen molar-refractivity contribution in [3.05, 3.63) is 46.3 Å². The number of nitrogens with two attached hydrogens (primary N) is 3. The Morgan fingerprint density at radius 1 is 0.487 bits per heavy atom. The highest BCUT2D eigenvalue weighted by molar-refractivity contribution is 8.13. The minimum Gasteiger partial charge on any atom is -0.444 e. The van der Waals surface area contributed by atoms with E-state index in [0.717, 1.165) is 44.8 Å². The summed E-state index contributed by atoms with van der Waals surface area (Å²) < 4.78 is 101. The predicted octanol–water partition coefficient (Wildman–Crippen LogP) is 12.4. The first-order chi connectivity index (χ1) is 50.9. The first-order valence-electron chi connectivity index (χ1n) is 40.0. The molecule has 32 heteroatoms. The van der Waals surface area contributed by atoms with Gasteiger partial charge in [-0.25, -0.2) is 18.0 Å². The van der Waals surface area contributed by atoms with Crippen LogP contribution in [0.5, 0.6) is 0 Å². The van der Waals surface area contributed by atoms with Crippen LogP contribution in [0.25, 0.3) is 10.4 Å². The Balaban J connectivity index is 0.000000646. The van der Waals surface area contributed by atoms with Crippen molar-refractivity contribution in [2.24, 2.45) is 51.9 Å². The molecule has 0 aliphatic carbocycles. The number of ether oxygens (including phenoxy) is 10. The lowest BCUT2D eigenvalue weighted by Gasteiger charge is -2.39. The van der Waals surface area contributed by atoms with E-state index in [-0.39, 0.29) is 117 Å². The van der Waals surface area contributed by atoms with Crippen molar-refractivity contribution in [3.8, 4) is 0 Å². The molecule has 17 atom stereocenters. The molecule has 664 valence electrons. The maximum Gasteiger partial charge on any atom is 0.407 e. The number of carbonyl (C=O) groups is 2. The largest absolute Gasteiger partial charge is 0.444 e. The second-order valence-corrected chi connectivity index (χ2v) is 43.6. The number of hydrogen-bond donors (Lipinski definition) is 9. The van der Waals surface area contributed by atoms with Gasteiger partial charge in [0.15, 0.2) is 0 Å². The number of hydrogen-bond acceptors (Lipinski definition) is 25. The van der Waals surface area contributed by atoms with Crippen LogP contribution < -0.4 is 33.2 Å². The van der Waals surface area contributed by atoms with Gasteiger partial charge in [0.1, 0.15) is 11.2 Å². The van der Waals surface area contributed by atoms with Gasteiger partial charge in [0.05, 0.1) is 153 Å². The average Bonchev–Trinajstić information content (AvgIpc) is 0.893. The second kappa shape index (κ2) is 45.9. The summed E-state index contributed by atoms with van der Waals surface area (Å²) >= 11 is 0. The zero-order chi connectivity index (χ0) is 87.7. The Morgan fingerprint density at radius 2 is 0.841 bits per heavy atom. The van der Waals surface area contributed by atoms with Crippen molar-refractivity contribution in [1.82, 2.24) is 16.0 Å². The third-order valence-corrected chi connectivity index (χ3v) is 20.4. The fraction of sp³-hybridized carbons (Fsp3) is 0.901. The molecule has 0 aromatic heterocycles. The summed E-state index contributed by atoms with van der Waals surface area (Å²) in [4.78, 5) is 26.2. The van der Waals surface area contributed by atoms with Gasteiger partial charge in [-0.15, -0.1) is 0 Å². The number of rotatable bonds is 8. The number of aliphatic hydroxyl groups excluding tert-OH is 3. The molecular weight excluding hydrogens is 1520 g/mol.